The first-order chi connectivity index (χ1) is 15.0. The SMILES string of the molecule is COc1ccc(OC)c(C2SCC(=O)N2CC(=O)NCC(=O)OCc2ccccc2)c1. The number of esters is 1. The Bertz CT molecular complexity index is 937. The van der Waals surface area contributed by atoms with E-state index in [1.165, 1.54) is 16.7 Å². The van der Waals surface area contributed by atoms with Crippen molar-refractivity contribution in [3.05, 3.63) is 59.7 Å². The second-order valence-electron chi connectivity index (χ2n) is 6.72. The molecule has 1 heterocycles. The van der Waals surface area contributed by atoms with Gasteiger partial charge in [-0.1, -0.05) is 30.3 Å². The minimum atomic E-state index is -0.551. The second kappa shape index (κ2) is 10.7. The van der Waals surface area contributed by atoms with Gasteiger partial charge in [0.15, 0.2) is 0 Å². The van der Waals surface area contributed by atoms with Crippen molar-refractivity contribution >= 4 is 29.5 Å². The highest BCUT2D eigenvalue weighted by Gasteiger charge is 2.36. The number of nitrogens with one attached hydrogen (secondary N) is 1. The number of amides is 2. The van der Waals surface area contributed by atoms with Gasteiger partial charge < -0.3 is 24.4 Å². The summed E-state index contributed by atoms with van der Waals surface area (Å²) in [6.07, 6.45) is 0. The van der Waals surface area contributed by atoms with Crippen LogP contribution in [0.25, 0.3) is 0 Å². The molecule has 1 saturated heterocycles. The summed E-state index contributed by atoms with van der Waals surface area (Å²) in [6.45, 7) is -0.314. The molecule has 1 N–H and O–H groups in total. The first kappa shape index (κ1) is 22.5. The van der Waals surface area contributed by atoms with Crippen molar-refractivity contribution in [3.8, 4) is 11.5 Å². The van der Waals surface area contributed by atoms with Gasteiger partial charge in [0, 0.05) is 5.56 Å². The molecule has 31 heavy (non-hydrogen) atoms. The standard InChI is InChI=1S/C22H24N2O6S/c1-28-16-8-9-18(29-2)17(10-16)22-24(20(26)14-31-22)12-19(25)23-11-21(27)30-13-15-6-4-3-5-7-15/h3-10,22H,11-14H2,1-2H3,(H,23,25). The van der Waals surface area contributed by atoms with Gasteiger partial charge in [-0.2, -0.15) is 0 Å². The van der Waals surface area contributed by atoms with Crippen LogP contribution in [-0.2, 0) is 25.7 Å². The molecule has 0 spiro atoms. The Morgan fingerprint density at radius 3 is 2.61 bits per heavy atom. The molecule has 2 aromatic rings. The number of thioether (sulfide) groups is 1. The average molecular weight is 445 g/mol. The predicted octanol–water partition coefficient (Wildman–Crippen LogP) is 2.14. The van der Waals surface area contributed by atoms with Crippen molar-refractivity contribution in [2.45, 2.75) is 12.0 Å². The number of nitrogens with zero attached hydrogens (tertiary/aromatic N) is 1. The number of rotatable bonds is 9. The summed E-state index contributed by atoms with van der Waals surface area (Å²) in [4.78, 5) is 38.2. The van der Waals surface area contributed by atoms with E-state index in [4.69, 9.17) is 14.2 Å². The van der Waals surface area contributed by atoms with Gasteiger partial charge in [-0.15, -0.1) is 11.8 Å². The number of ether oxygens (including phenoxy) is 3. The minimum absolute atomic E-state index is 0.133. The summed E-state index contributed by atoms with van der Waals surface area (Å²) in [6, 6.07) is 14.6. The Kier molecular flexibility index (Phi) is 7.77. The van der Waals surface area contributed by atoms with E-state index in [0.29, 0.717) is 11.5 Å². The van der Waals surface area contributed by atoms with Crippen molar-refractivity contribution in [2.24, 2.45) is 0 Å². The van der Waals surface area contributed by atoms with Gasteiger partial charge in [-0.3, -0.25) is 14.4 Å². The predicted molar refractivity (Wildman–Crippen MR) is 116 cm³/mol. The van der Waals surface area contributed by atoms with Crippen molar-refractivity contribution in [3.63, 3.8) is 0 Å². The fraction of sp³-hybridized carbons (Fsp3) is 0.318. The van der Waals surface area contributed by atoms with Crippen LogP contribution in [0.4, 0.5) is 0 Å². The number of carbonyl (C=O) groups is 3. The lowest BCUT2D eigenvalue weighted by Gasteiger charge is -2.25. The van der Waals surface area contributed by atoms with Gasteiger partial charge in [0.05, 0.1) is 20.0 Å². The third kappa shape index (κ3) is 5.91. The van der Waals surface area contributed by atoms with Crippen LogP contribution < -0.4 is 14.8 Å². The molecule has 0 aromatic heterocycles. The van der Waals surface area contributed by atoms with E-state index in [-0.39, 0.29) is 31.4 Å². The van der Waals surface area contributed by atoms with E-state index in [9.17, 15) is 14.4 Å². The van der Waals surface area contributed by atoms with E-state index < -0.39 is 17.3 Å². The van der Waals surface area contributed by atoms with Gasteiger partial charge >= 0.3 is 5.97 Å². The van der Waals surface area contributed by atoms with Crippen molar-refractivity contribution in [1.82, 2.24) is 10.2 Å². The number of carbonyl (C=O) groups excluding carboxylic acids is 3. The molecule has 0 aliphatic carbocycles. The molecule has 1 atom stereocenters. The number of benzene rings is 2. The number of methoxy groups -OCH3 is 2. The number of hydrogen-bond donors (Lipinski definition) is 1. The molecule has 0 saturated carbocycles. The largest absolute Gasteiger partial charge is 0.497 e. The zero-order chi connectivity index (χ0) is 22.2. The van der Waals surface area contributed by atoms with Crippen molar-refractivity contribution < 1.29 is 28.6 Å². The number of hydrogen-bond acceptors (Lipinski definition) is 7. The Morgan fingerprint density at radius 2 is 1.90 bits per heavy atom. The summed E-state index contributed by atoms with van der Waals surface area (Å²) >= 11 is 1.40. The third-order valence-corrected chi connectivity index (χ3v) is 5.90. The molecule has 0 radical (unpaired) electrons. The molecule has 2 aromatic carbocycles. The summed E-state index contributed by atoms with van der Waals surface area (Å²) < 4.78 is 15.8. The maximum Gasteiger partial charge on any atom is 0.325 e. The second-order valence-corrected chi connectivity index (χ2v) is 7.78. The molecule has 1 aliphatic rings. The summed E-state index contributed by atoms with van der Waals surface area (Å²) in [5, 5.41) is 2.12. The first-order valence-electron chi connectivity index (χ1n) is 9.61. The van der Waals surface area contributed by atoms with Crippen molar-refractivity contribution in [2.75, 3.05) is 33.1 Å². The van der Waals surface area contributed by atoms with E-state index in [1.807, 2.05) is 30.3 Å². The molecule has 1 fully saturated rings. The Morgan fingerprint density at radius 1 is 1.13 bits per heavy atom. The fourth-order valence-electron chi connectivity index (χ4n) is 3.09. The van der Waals surface area contributed by atoms with E-state index in [1.54, 1.807) is 32.4 Å². The molecule has 0 bridgehead atoms. The first-order valence-corrected chi connectivity index (χ1v) is 10.7. The van der Waals surface area contributed by atoms with Crippen LogP contribution in [0.15, 0.2) is 48.5 Å². The van der Waals surface area contributed by atoms with Gasteiger partial charge in [0.2, 0.25) is 11.8 Å². The highest BCUT2D eigenvalue weighted by molar-refractivity contribution is 8.00. The molecule has 8 nitrogen and oxygen atoms in total. The van der Waals surface area contributed by atoms with Crippen molar-refractivity contribution in [1.29, 1.82) is 0 Å². The quantitative estimate of drug-likeness (QED) is 0.592. The highest BCUT2D eigenvalue weighted by Crippen LogP contribution is 2.43. The van der Waals surface area contributed by atoms with E-state index in [2.05, 4.69) is 5.32 Å². The topological polar surface area (TPSA) is 94.2 Å². The van der Waals surface area contributed by atoms with Crippen LogP contribution in [-0.4, -0.2) is 55.7 Å². The molecular weight excluding hydrogens is 420 g/mol. The average Bonchev–Trinajstić information content (AvgIpc) is 3.16. The zero-order valence-corrected chi connectivity index (χ0v) is 18.1. The van der Waals surface area contributed by atoms with E-state index >= 15 is 0 Å². The Hall–Kier alpha value is -3.20. The summed E-state index contributed by atoms with van der Waals surface area (Å²) in [5.41, 5.74) is 1.60. The van der Waals surface area contributed by atoms with Crippen LogP contribution in [0.2, 0.25) is 0 Å². The van der Waals surface area contributed by atoms with Crippen LogP contribution in [0.1, 0.15) is 16.5 Å². The molecule has 1 unspecified atom stereocenters. The summed E-state index contributed by atoms with van der Waals surface area (Å²) in [5.74, 6) is 0.313. The molecule has 164 valence electrons. The Balaban J connectivity index is 1.57. The highest BCUT2D eigenvalue weighted by atomic mass is 32.2. The lowest BCUT2D eigenvalue weighted by Crippen LogP contribution is -2.41. The normalized spacial score (nSPS) is 15.5. The van der Waals surface area contributed by atoms with Crippen LogP contribution >= 0.6 is 11.8 Å². The Labute approximate surface area is 184 Å². The lowest BCUT2D eigenvalue weighted by atomic mass is 10.1. The van der Waals surface area contributed by atoms with Crippen LogP contribution in [0.3, 0.4) is 0 Å². The van der Waals surface area contributed by atoms with Gasteiger partial charge in [0.1, 0.15) is 36.6 Å². The molecule has 3 rings (SSSR count). The van der Waals surface area contributed by atoms with Crippen LogP contribution in [0.5, 0.6) is 11.5 Å². The zero-order valence-electron chi connectivity index (χ0n) is 17.3. The molecule has 1 aliphatic heterocycles. The van der Waals surface area contributed by atoms with Gasteiger partial charge in [-0.25, -0.2) is 0 Å². The minimum Gasteiger partial charge on any atom is -0.497 e. The summed E-state index contributed by atoms with van der Waals surface area (Å²) in [7, 11) is 3.10. The molecular formula is C22H24N2O6S. The molecule has 9 heteroatoms. The van der Waals surface area contributed by atoms with Crippen LogP contribution in [0, 0.1) is 0 Å². The maximum absolute atomic E-state index is 12.4. The van der Waals surface area contributed by atoms with Gasteiger partial charge in [0.25, 0.3) is 0 Å². The molecule has 2 amide bonds. The monoisotopic (exact) mass is 444 g/mol. The maximum atomic E-state index is 12.4. The fourth-order valence-corrected chi connectivity index (χ4v) is 4.29. The van der Waals surface area contributed by atoms with Gasteiger partial charge in [-0.05, 0) is 23.8 Å². The smallest absolute Gasteiger partial charge is 0.325 e. The third-order valence-electron chi connectivity index (χ3n) is 4.66. The van der Waals surface area contributed by atoms with E-state index in [0.717, 1.165) is 11.1 Å². The lowest BCUT2D eigenvalue weighted by molar-refractivity contribution is -0.145.